The number of carbonyl (C=O) groups is 1. The standard InChI is InChI=1S/C21H24F3N3OS/c22-16-3-1-14(2-4-16)18-13-25-19(29-18)15-7-11-27(12-8-15)20(28)26-17-5-9-21(23,24)10-6-17/h1-4,13,15,17H,5-12H2,(H,26,28). The van der Waals surface area contributed by atoms with Crippen LogP contribution in [-0.2, 0) is 0 Å². The maximum Gasteiger partial charge on any atom is 0.317 e. The van der Waals surface area contributed by atoms with Crippen LogP contribution in [0, 0.1) is 5.82 Å². The molecule has 1 aromatic heterocycles. The van der Waals surface area contributed by atoms with Crippen LogP contribution < -0.4 is 5.32 Å². The van der Waals surface area contributed by atoms with E-state index in [0.29, 0.717) is 31.8 Å². The quantitative estimate of drug-likeness (QED) is 0.717. The van der Waals surface area contributed by atoms with Gasteiger partial charge in [-0.05, 0) is 43.4 Å². The van der Waals surface area contributed by atoms with Crippen molar-refractivity contribution in [3.63, 3.8) is 0 Å². The molecular weight excluding hydrogens is 399 g/mol. The summed E-state index contributed by atoms with van der Waals surface area (Å²) in [6.07, 6.45) is 3.84. The Morgan fingerprint density at radius 1 is 1.10 bits per heavy atom. The second kappa shape index (κ2) is 8.34. The van der Waals surface area contributed by atoms with E-state index in [-0.39, 0.29) is 30.7 Å². The van der Waals surface area contributed by atoms with Gasteiger partial charge in [-0.2, -0.15) is 0 Å². The molecule has 156 valence electrons. The Bertz CT molecular complexity index is 837. The van der Waals surface area contributed by atoms with Gasteiger partial charge in [0.2, 0.25) is 5.92 Å². The average molecular weight is 424 g/mol. The highest BCUT2D eigenvalue weighted by molar-refractivity contribution is 7.15. The first-order chi connectivity index (χ1) is 13.9. The van der Waals surface area contributed by atoms with Gasteiger partial charge in [-0.25, -0.2) is 22.9 Å². The molecule has 4 rings (SSSR count). The van der Waals surface area contributed by atoms with Crippen molar-refractivity contribution < 1.29 is 18.0 Å². The molecule has 0 radical (unpaired) electrons. The van der Waals surface area contributed by atoms with Crippen molar-refractivity contribution in [2.45, 2.75) is 56.4 Å². The number of likely N-dealkylation sites (tertiary alicyclic amines) is 1. The molecule has 2 heterocycles. The fourth-order valence-electron chi connectivity index (χ4n) is 4.00. The number of aromatic nitrogens is 1. The zero-order chi connectivity index (χ0) is 20.4. The molecule has 1 N–H and O–H groups in total. The van der Waals surface area contributed by atoms with Gasteiger partial charge < -0.3 is 10.2 Å². The third-order valence-electron chi connectivity index (χ3n) is 5.83. The maximum absolute atomic E-state index is 13.3. The Morgan fingerprint density at radius 3 is 2.41 bits per heavy atom. The largest absolute Gasteiger partial charge is 0.335 e. The number of halogens is 3. The van der Waals surface area contributed by atoms with Crippen LogP contribution in [0.3, 0.4) is 0 Å². The molecular formula is C21H24F3N3OS. The minimum Gasteiger partial charge on any atom is -0.335 e. The van der Waals surface area contributed by atoms with Crippen LogP contribution >= 0.6 is 11.3 Å². The minimum absolute atomic E-state index is 0.148. The van der Waals surface area contributed by atoms with Crippen molar-refractivity contribution in [1.82, 2.24) is 15.2 Å². The predicted molar refractivity (Wildman–Crippen MR) is 107 cm³/mol. The smallest absolute Gasteiger partial charge is 0.317 e. The van der Waals surface area contributed by atoms with E-state index in [9.17, 15) is 18.0 Å². The van der Waals surface area contributed by atoms with Crippen LogP contribution in [0.5, 0.6) is 0 Å². The van der Waals surface area contributed by atoms with Crippen LogP contribution in [0.15, 0.2) is 30.5 Å². The number of thiazole rings is 1. The van der Waals surface area contributed by atoms with E-state index in [1.807, 2.05) is 6.20 Å². The summed E-state index contributed by atoms with van der Waals surface area (Å²) >= 11 is 1.61. The van der Waals surface area contributed by atoms with Crippen LogP contribution in [0.2, 0.25) is 0 Å². The van der Waals surface area contributed by atoms with Gasteiger partial charge in [0, 0.05) is 44.1 Å². The van der Waals surface area contributed by atoms with Gasteiger partial charge >= 0.3 is 6.03 Å². The van der Waals surface area contributed by atoms with E-state index in [1.54, 1.807) is 28.4 Å². The van der Waals surface area contributed by atoms with Crippen LogP contribution in [0.1, 0.15) is 49.5 Å². The molecule has 2 fully saturated rings. The normalized spacial score (nSPS) is 20.6. The number of urea groups is 1. The maximum atomic E-state index is 13.3. The number of rotatable bonds is 3. The van der Waals surface area contributed by atoms with Crippen molar-refractivity contribution in [2.75, 3.05) is 13.1 Å². The zero-order valence-electron chi connectivity index (χ0n) is 16.0. The number of nitrogens with zero attached hydrogens (tertiary/aromatic N) is 2. The molecule has 1 saturated carbocycles. The number of alkyl halides is 2. The highest BCUT2D eigenvalue weighted by atomic mass is 32.1. The van der Waals surface area contributed by atoms with Gasteiger partial charge in [0.15, 0.2) is 0 Å². The molecule has 0 unspecified atom stereocenters. The summed E-state index contributed by atoms with van der Waals surface area (Å²) in [6.45, 7) is 1.26. The number of hydrogen-bond acceptors (Lipinski definition) is 3. The Balaban J connectivity index is 1.28. The molecule has 1 aliphatic carbocycles. The Hall–Kier alpha value is -2.09. The average Bonchev–Trinajstić information content (AvgIpc) is 3.20. The molecule has 0 atom stereocenters. The fourth-order valence-corrected chi connectivity index (χ4v) is 5.10. The lowest BCUT2D eigenvalue weighted by molar-refractivity contribution is -0.0398. The topological polar surface area (TPSA) is 45.2 Å². The molecule has 29 heavy (non-hydrogen) atoms. The van der Waals surface area contributed by atoms with Gasteiger partial charge in [0.25, 0.3) is 0 Å². The number of piperidine rings is 1. The van der Waals surface area contributed by atoms with Crippen LogP contribution in [0.4, 0.5) is 18.0 Å². The molecule has 1 saturated heterocycles. The van der Waals surface area contributed by atoms with Crippen molar-refractivity contribution in [1.29, 1.82) is 0 Å². The lowest BCUT2D eigenvalue weighted by Crippen LogP contribution is -2.49. The van der Waals surface area contributed by atoms with Crippen molar-refractivity contribution in [3.8, 4) is 10.4 Å². The van der Waals surface area contributed by atoms with E-state index < -0.39 is 5.92 Å². The summed E-state index contributed by atoms with van der Waals surface area (Å²) in [7, 11) is 0. The van der Waals surface area contributed by atoms with Crippen molar-refractivity contribution in [3.05, 3.63) is 41.3 Å². The summed E-state index contributed by atoms with van der Waals surface area (Å²) in [5.41, 5.74) is 0.949. The van der Waals surface area contributed by atoms with Gasteiger partial charge in [-0.3, -0.25) is 0 Å². The van der Waals surface area contributed by atoms with E-state index in [4.69, 9.17) is 0 Å². The molecule has 2 aromatic rings. The van der Waals surface area contributed by atoms with Crippen LogP contribution in [-0.4, -0.2) is 41.0 Å². The SMILES string of the molecule is O=C(NC1CCC(F)(F)CC1)N1CCC(c2ncc(-c3ccc(F)cc3)s2)CC1. The van der Waals surface area contributed by atoms with Crippen molar-refractivity contribution >= 4 is 17.4 Å². The Morgan fingerprint density at radius 2 is 1.76 bits per heavy atom. The highest BCUT2D eigenvalue weighted by Crippen LogP contribution is 2.36. The molecule has 1 aliphatic heterocycles. The molecule has 2 amide bonds. The molecule has 1 aromatic carbocycles. The van der Waals surface area contributed by atoms with Crippen molar-refractivity contribution in [2.24, 2.45) is 0 Å². The fraction of sp³-hybridized carbons (Fsp3) is 0.524. The Kier molecular flexibility index (Phi) is 5.81. The highest BCUT2D eigenvalue weighted by Gasteiger charge is 2.36. The van der Waals surface area contributed by atoms with Gasteiger partial charge in [-0.15, -0.1) is 11.3 Å². The third-order valence-corrected chi connectivity index (χ3v) is 7.04. The van der Waals surface area contributed by atoms with E-state index in [0.717, 1.165) is 28.3 Å². The molecule has 8 heteroatoms. The van der Waals surface area contributed by atoms with Crippen LogP contribution in [0.25, 0.3) is 10.4 Å². The van der Waals surface area contributed by atoms with E-state index in [1.165, 1.54) is 12.1 Å². The summed E-state index contributed by atoms with van der Waals surface area (Å²) in [6, 6.07) is 6.09. The lowest BCUT2D eigenvalue weighted by Gasteiger charge is -2.34. The number of carbonyl (C=O) groups excluding carboxylic acids is 1. The van der Waals surface area contributed by atoms with Gasteiger partial charge in [-0.1, -0.05) is 12.1 Å². The summed E-state index contributed by atoms with van der Waals surface area (Å²) in [4.78, 5) is 19.8. The monoisotopic (exact) mass is 423 g/mol. The van der Waals surface area contributed by atoms with Gasteiger partial charge in [0.05, 0.1) is 9.88 Å². The van der Waals surface area contributed by atoms with E-state index >= 15 is 0 Å². The van der Waals surface area contributed by atoms with E-state index in [2.05, 4.69) is 10.3 Å². The lowest BCUT2D eigenvalue weighted by atomic mass is 9.92. The Labute approximate surface area is 172 Å². The molecule has 2 aliphatic rings. The predicted octanol–water partition coefficient (Wildman–Crippen LogP) is 5.42. The number of amides is 2. The minimum atomic E-state index is -2.58. The first-order valence-corrected chi connectivity index (χ1v) is 10.9. The second-order valence-electron chi connectivity index (χ2n) is 7.91. The summed E-state index contributed by atoms with van der Waals surface area (Å²) < 4.78 is 39.6. The number of nitrogens with one attached hydrogen (secondary N) is 1. The first-order valence-electron chi connectivity index (χ1n) is 10.0. The molecule has 0 spiro atoms. The number of benzene rings is 1. The second-order valence-corrected chi connectivity index (χ2v) is 8.97. The third kappa shape index (κ3) is 4.91. The number of hydrogen-bond donors (Lipinski definition) is 1. The van der Waals surface area contributed by atoms with Gasteiger partial charge in [0.1, 0.15) is 5.82 Å². The summed E-state index contributed by atoms with van der Waals surface area (Å²) in [5, 5.41) is 3.96. The molecule has 0 bridgehead atoms. The first kappa shape index (κ1) is 20.2. The summed E-state index contributed by atoms with van der Waals surface area (Å²) in [5.74, 6) is -2.54. The zero-order valence-corrected chi connectivity index (χ0v) is 16.9. The molecule has 4 nitrogen and oxygen atoms in total.